The SMILES string of the molecule is CC(C)(C)NC(=O)CNC(=O)Cn1cnc2c(oc3ccccc32)c1=O. The molecular weight excluding hydrogens is 336 g/mol. The molecule has 8 nitrogen and oxygen atoms in total. The second-order valence-electron chi connectivity index (χ2n) is 7.03. The van der Waals surface area contributed by atoms with Gasteiger partial charge in [0.05, 0.1) is 12.9 Å². The number of nitrogens with zero attached hydrogens (tertiary/aromatic N) is 2. The summed E-state index contributed by atoms with van der Waals surface area (Å²) in [5, 5.41) is 5.97. The van der Waals surface area contributed by atoms with Gasteiger partial charge in [-0.05, 0) is 32.9 Å². The van der Waals surface area contributed by atoms with Gasteiger partial charge in [-0.1, -0.05) is 12.1 Å². The molecule has 0 aliphatic carbocycles. The van der Waals surface area contributed by atoms with E-state index in [4.69, 9.17) is 4.42 Å². The molecule has 0 aliphatic heterocycles. The first-order chi connectivity index (χ1) is 12.2. The van der Waals surface area contributed by atoms with Gasteiger partial charge in [-0.2, -0.15) is 0 Å². The third-order valence-corrected chi connectivity index (χ3v) is 3.63. The maximum atomic E-state index is 12.5. The number of carbonyl (C=O) groups is 2. The zero-order chi connectivity index (χ0) is 18.9. The standard InChI is InChI=1S/C18H20N4O4/c1-18(2,3)21-13(23)8-19-14(24)9-22-10-20-15-11-6-4-5-7-12(11)26-16(15)17(22)25/h4-7,10H,8-9H2,1-3H3,(H,19,24)(H,21,23). The van der Waals surface area contributed by atoms with Crippen LogP contribution >= 0.6 is 0 Å². The van der Waals surface area contributed by atoms with Gasteiger partial charge in [0.15, 0.2) is 0 Å². The Morgan fingerprint density at radius 1 is 1.19 bits per heavy atom. The van der Waals surface area contributed by atoms with Crippen LogP contribution in [-0.4, -0.2) is 33.4 Å². The van der Waals surface area contributed by atoms with E-state index in [2.05, 4.69) is 15.6 Å². The van der Waals surface area contributed by atoms with Crippen LogP contribution < -0.4 is 16.2 Å². The maximum absolute atomic E-state index is 12.5. The molecule has 0 radical (unpaired) electrons. The van der Waals surface area contributed by atoms with Crippen molar-refractivity contribution in [3.63, 3.8) is 0 Å². The molecule has 26 heavy (non-hydrogen) atoms. The highest BCUT2D eigenvalue weighted by atomic mass is 16.3. The molecule has 0 fully saturated rings. The minimum atomic E-state index is -0.464. The Balaban J connectivity index is 1.74. The van der Waals surface area contributed by atoms with Crippen molar-refractivity contribution in [2.24, 2.45) is 0 Å². The van der Waals surface area contributed by atoms with Gasteiger partial charge in [0.2, 0.25) is 17.4 Å². The number of hydrogen-bond donors (Lipinski definition) is 2. The number of furan rings is 1. The van der Waals surface area contributed by atoms with Gasteiger partial charge < -0.3 is 15.1 Å². The van der Waals surface area contributed by atoms with E-state index in [1.807, 2.05) is 32.9 Å². The van der Waals surface area contributed by atoms with E-state index in [1.54, 1.807) is 12.1 Å². The van der Waals surface area contributed by atoms with E-state index < -0.39 is 11.5 Å². The Morgan fingerprint density at radius 3 is 2.65 bits per heavy atom. The average molecular weight is 356 g/mol. The zero-order valence-electron chi connectivity index (χ0n) is 14.8. The quantitative estimate of drug-likeness (QED) is 0.730. The number of rotatable bonds is 4. The summed E-state index contributed by atoms with van der Waals surface area (Å²) in [6, 6.07) is 7.21. The van der Waals surface area contributed by atoms with Gasteiger partial charge in [-0.3, -0.25) is 19.0 Å². The molecule has 2 heterocycles. The molecule has 8 heteroatoms. The number of nitrogens with one attached hydrogen (secondary N) is 2. The van der Waals surface area contributed by atoms with E-state index in [0.29, 0.717) is 11.1 Å². The normalized spacial score (nSPS) is 11.7. The third-order valence-electron chi connectivity index (χ3n) is 3.63. The Labute approximate surface area is 149 Å². The van der Waals surface area contributed by atoms with Gasteiger partial charge in [0.1, 0.15) is 17.6 Å². The van der Waals surface area contributed by atoms with Crippen LogP contribution in [0.2, 0.25) is 0 Å². The molecule has 3 aromatic rings. The molecule has 136 valence electrons. The van der Waals surface area contributed by atoms with E-state index in [1.165, 1.54) is 6.33 Å². The molecule has 3 rings (SSSR count). The second kappa shape index (κ2) is 6.62. The van der Waals surface area contributed by atoms with Crippen molar-refractivity contribution in [3.05, 3.63) is 40.9 Å². The highest BCUT2D eigenvalue weighted by molar-refractivity contribution is 6.01. The lowest BCUT2D eigenvalue weighted by atomic mass is 10.1. The largest absolute Gasteiger partial charge is 0.448 e. The van der Waals surface area contributed by atoms with Crippen molar-refractivity contribution in [2.75, 3.05) is 6.54 Å². The number of fused-ring (bicyclic) bond motifs is 3. The summed E-state index contributed by atoms with van der Waals surface area (Å²) in [6.45, 7) is 5.13. The predicted octanol–water partition coefficient (Wildman–Crippen LogP) is 1.17. The first kappa shape index (κ1) is 17.7. The summed E-state index contributed by atoms with van der Waals surface area (Å²) < 4.78 is 6.72. The smallest absolute Gasteiger partial charge is 0.297 e. The fraction of sp³-hybridized carbons (Fsp3) is 0.333. The summed E-state index contributed by atoms with van der Waals surface area (Å²) in [5.74, 6) is -0.766. The number of benzene rings is 1. The fourth-order valence-corrected chi connectivity index (χ4v) is 2.58. The fourth-order valence-electron chi connectivity index (χ4n) is 2.58. The number of amides is 2. The molecular formula is C18H20N4O4. The average Bonchev–Trinajstić information content (AvgIpc) is 2.94. The van der Waals surface area contributed by atoms with Gasteiger partial charge in [0.25, 0.3) is 5.56 Å². The first-order valence-corrected chi connectivity index (χ1v) is 8.19. The summed E-state index contributed by atoms with van der Waals surface area (Å²) in [7, 11) is 0. The lowest BCUT2D eigenvalue weighted by molar-refractivity contribution is -0.127. The van der Waals surface area contributed by atoms with Crippen LogP contribution in [0.5, 0.6) is 0 Å². The van der Waals surface area contributed by atoms with E-state index in [-0.39, 0.29) is 30.1 Å². The lowest BCUT2D eigenvalue weighted by Gasteiger charge is -2.20. The molecule has 0 saturated heterocycles. The van der Waals surface area contributed by atoms with Crippen LogP contribution in [0.25, 0.3) is 22.1 Å². The van der Waals surface area contributed by atoms with E-state index >= 15 is 0 Å². The third kappa shape index (κ3) is 3.74. The molecule has 2 amide bonds. The second-order valence-corrected chi connectivity index (χ2v) is 7.03. The topological polar surface area (TPSA) is 106 Å². The predicted molar refractivity (Wildman–Crippen MR) is 96.7 cm³/mol. The molecule has 0 bridgehead atoms. The maximum Gasteiger partial charge on any atom is 0.297 e. The lowest BCUT2D eigenvalue weighted by Crippen LogP contribution is -2.46. The molecule has 0 aliphatic rings. The Bertz CT molecular complexity index is 1040. The number of aromatic nitrogens is 2. The highest BCUT2D eigenvalue weighted by Crippen LogP contribution is 2.23. The van der Waals surface area contributed by atoms with Gasteiger partial charge in [-0.15, -0.1) is 0 Å². The minimum Gasteiger partial charge on any atom is -0.448 e. The van der Waals surface area contributed by atoms with Gasteiger partial charge in [-0.25, -0.2) is 4.98 Å². The summed E-state index contributed by atoms with van der Waals surface area (Å²) in [6.07, 6.45) is 1.31. The number of para-hydroxylation sites is 1. The van der Waals surface area contributed by atoms with Crippen molar-refractivity contribution < 1.29 is 14.0 Å². The van der Waals surface area contributed by atoms with Crippen LogP contribution in [0.3, 0.4) is 0 Å². The molecule has 0 atom stereocenters. The number of carbonyl (C=O) groups excluding carboxylic acids is 2. The first-order valence-electron chi connectivity index (χ1n) is 8.19. The monoisotopic (exact) mass is 356 g/mol. The highest BCUT2D eigenvalue weighted by Gasteiger charge is 2.16. The van der Waals surface area contributed by atoms with Crippen LogP contribution in [-0.2, 0) is 16.1 Å². The van der Waals surface area contributed by atoms with E-state index in [9.17, 15) is 14.4 Å². The molecule has 0 unspecified atom stereocenters. The van der Waals surface area contributed by atoms with Crippen LogP contribution in [0.4, 0.5) is 0 Å². The Morgan fingerprint density at radius 2 is 1.92 bits per heavy atom. The van der Waals surface area contributed by atoms with Crippen molar-refractivity contribution in [3.8, 4) is 0 Å². The minimum absolute atomic E-state index is 0.104. The van der Waals surface area contributed by atoms with Crippen molar-refractivity contribution in [1.82, 2.24) is 20.2 Å². The summed E-state index contributed by atoms with van der Waals surface area (Å²) in [5.41, 5.74) is 0.307. The molecule has 0 saturated carbocycles. The molecule has 2 aromatic heterocycles. The van der Waals surface area contributed by atoms with Crippen molar-refractivity contribution >= 4 is 33.9 Å². The van der Waals surface area contributed by atoms with Crippen LogP contribution in [0, 0.1) is 0 Å². The molecule has 2 N–H and O–H groups in total. The van der Waals surface area contributed by atoms with E-state index in [0.717, 1.165) is 9.95 Å². The van der Waals surface area contributed by atoms with Crippen LogP contribution in [0.15, 0.2) is 39.8 Å². The number of hydrogen-bond acceptors (Lipinski definition) is 5. The van der Waals surface area contributed by atoms with Gasteiger partial charge in [0, 0.05) is 10.9 Å². The van der Waals surface area contributed by atoms with Crippen molar-refractivity contribution in [2.45, 2.75) is 32.9 Å². The van der Waals surface area contributed by atoms with Crippen molar-refractivity contribution in [1.29, 1.82) is 0 Å². The zero-order valence-corrected chi connectivity index (χ0v) is 14.8. The Kier molecular flexibility index (Phi) is 4.50. The summed E-state index contributed by atoms with van der Waals surface area (Å²) >= 11 is 0. The van der Waals surface area contributed by atoms with Crippen LogP contribution in [0.1, 0.15) is 20.8 Å². The Hall–Kier alpha value is -3.16. The molecule has 0 spiro atoms. The van der Waals surface area contributed by atoms with Gasteiger partial charge >= 0.3 is 0 Å². The molecule has 1 aromatic carbocycles. The summed E-state index contributed by atoms with van der Waals surface area (Å²) in [4.78, 5) is 40.5.